The number of halogens is 1. The van der Waals surface area contributed by atoms with Crippen molar-refractivity contribution in [3.63, 3.8) is 0 Å². The first-order valence-corrected chi connectivity index (χ1v) is 7.05. The fraction of sp³-hybridized carbons (Fsp3) is 0.375. The van der Waals surface area contributed by atoms with Gasteiger partial charge in [0.15, 0.2) is 0 Å². The van der Waals surface area contributed by atoms with Crippen LogP contribution in [0.5, 0.6) is 0 Å². The van der Waals surface area contributed by atoms with E-state index in [1.807, 2.05) is 20.8 Å². The predicted molar refractivity (Wildman–Crippen MR) is 80.2 cm³/mol. The summed E-state index contributed by atoms with van der Waals surface area (Å²) in [5, 5.41) is 4.32. The van der Waals surface area contributed by atoms with E-state index in [2.05, 4.69) is 5.10 Å². The average molecular weight is 289 g/mol. The maximum Gasteiger partial charge on any atom is 0.257 e. The van der Waals surface area contributed by atoms with E-state index in [1.165, 1.54) is 12.1 Å². The van der Waals surface area contributed by atoms with Crippen molar-refractivity contribution in [2.75, 3.05) is 13.6 Å². The van der Waals surface area contributed by atoms with Gasteiger partial charge in [-0.15, -0.1) is 0 Å². The van der Waals surface area contributed by atoms with Gasteiger partial charge in [-0.1, -0.05) is 13.8 Å². The van der Waals surface area contributed by atoms with E-state index in [0.717, 1.165) is 11.4 Å². The molecule has 0 fully saturated rings. The Balaban J connectivity index is 2.51. The van der Waals surface area contributed by atoms with E-state index in [9.17, 15) is 9.18 Å². The summed E-state index contributed by atoms with van der Waals surface area (Å²) >= 11 is 0. The number of aromatic nitrogens is 2. The Labute approximate surface area is 124 Å². The number of amides is 1. The number of rotatable bonds is 4. The van der Waals surface area contributed by atoms with Crippen LogP contribution >= 0.6 is 0 Å². The number of hydrogen-bond acceptors (Lipinski definition) is 2. The first-order chi connectivity index (χ1) is 9.95. The smallest absolute Gasteiger partial charge is 0.257 e. The van der Waals surface area contributed by atoms with Crippen LogP contribution in [-0.2, 0) is 0 Å². The van der Waals surface area contributed by atoms with E-state index in [0.29, 0.717) is 12.1 Å². The minimum atomic E-state index is -0.293. The molecule has 112 valence electrons. The fourth-order valence-electron chi connectivity index (χ4n) is 2.22. The van der Waals surface area contributed by atoms with Gasteiger partial charge in [0, 0.05) is 13.6 Å². The van der Waals surface area contributed by atoms with Gasteiger partial charge >= 0.3 is 0 Å². The Morgan fingerprint density at radius 2 is 1.95 bits per heavy atom. The van der Waals surface area contributed by atoms with Crippen molar-refractivity contribution in [3.05, 3.63) is 47.5 Å². The molecule has 0 radical (unpaired) electrons. The molecule has 1 aromatic heterocycles. The minimum absolute atomic E-state index is 0.0467. The van der Waals surface area contributed by atoms with Gasteiger partial charge in [0.25, 0.3) is 5.91 Å². The molecule has 0 aliphatic rings. The lowest BCUT2D eigenvalue weighted by Gasteiger charge is -2.17. The van der Waals surface area contributed by atoms with Crippen LogP contribution in [0.25, 0.3) is 5.69 Å². The Hall–Kier alpha value is -2.17. The standard InChI is InChI=1S/C16H20FN3O/c1-5-19(4)16(21)14-10-18-20(15(14)11(2)3)13-8-6-12(17)7-9-13/h6-11H,5H2,1-4H3. The predicted octanol–water partition coefficient (Wildman–Crippen LogP) is 3.23. The molecular weight excluding hydrogens is 269 g/mol. The summed E-state index contributed by atoms with van der Waals surface area (Å²) in [6, 6.07) is 6.10. The van der Waals surface area contributed by atoms with Gasteiger partial charge in [0.05, 0.1) is 23.1 Å². The summed E-state index contributed by atoms with van der Waals surface area (Å²) in [7, 11) is 1.77. The fourth-order valence-corrected chi connectivity index (χ4v) is 2.22. The molecule has 1 aromatic carbocycles. The molecule has 1 heterocycles. The molecule has 4 nitrogen and oxygen atoms in total. The summed E-state index contributed by atoms with van der Waals surface area (Å²) in [5.74, 6) is -0.213. The second-order valence-corrected chi connectivity index (χ2v) is 5.31. The third-order valence-corrected chi connectivity index (χ3v) is 3.48. The highest BCUT2D eigenvalue weighted by Crippen LogP contribution is 2.24. The number of hydrogen-bond donors (Lipinski definition) is 0. The minimum Gasteiger partial charge on any atom is -0.342 e. The summed E-state index contributed by atoms with van der Waals surface area (Å²) in [4.78, 5) is 14.1. The summed E-state index contributed by atoms with van der Waals surface area (Å²) in [6.07, 6.45) is 1.59. The molecule has 0 bridgehead atoms. The second kappa shape index (κ2) is 6.08. The van der Waals surface area contributed by atoms with E-state index in [-0.39, 0.29) is 17.6 Å². The van der Waals surface area contributed by atoms with E-state index >= 15 is 0 Å². The van der Waals surface area contributed by atoms with Gasteiger partial charge in [0.2, 0.25) is 0 Å². The molecule has 0 aliphatic carbocycles. The van der Waals surface area contributed by atoms with Gasteiger partial charge in [-0.2, -0.15) is 5.10 Å². The number of benzene rings is 1. The lowest BCUT2D eigenvalue weighted by molar-refractivity contribution is 0.0801. The van der Waals surface area contributed by atoms with Crippen molar-refractivity contribution in [1.29, 1.82) is 0 Å². The molecule has 0 N–H and O–H groups in total. The third kappa shape index (κ3) is 2.96. The monoisotopic (exact) mass is 289 g/mol. The Bertz CT molecular complexity index is 631. The highest BCUT2D eigenvalue weighted by atomic mass is 19.1. The van der Waals surface area contributed by atoms with E-state index < -0.39 is 0 Å². The van der Waals surface area contributed by atoms with Gasteiger partial charge in [-0.25, -0.2) is 9.07 Å². The number of carbonyl (C=O) groups is 1. The second-order valence-electron chi connectivity index (χ2n) is 5.31. The van der Waals surface area contributed by atoms with Gasteiger partial charge < -0.3 is 4.90 Å². The van der Waals surface area contributed by atoms with Crippen LogP contribution < -0.4 is 0 Å². The first-order valence-electron chi connectivity index (χ1n) is 7.05. The van der Waals surface area contributed by atoms with Crippen molar-refractivity contribution in [2.45, 2.75) is 26.7 Å². The van der Waals surface area contributed by atoms with Crippen molar-refractivity contribution in [3.8, 4) is 5.69 Å². The third-order valence-electron chi connectivity index (χ3n) is 3.48. The van der Waals surface area contributed by atoms with E-state index in [4.69, 9.17) is 0 Å². The summed E-state index contributed by atoms with van der Waals surface area (Å²) < 4.78 is 14.8. The highest BCUT2D eigenvalue weighted by molar-refractivity contribution is 5.95. The van der Waals surface area contributed by atoms with Gasteiger partial charge in [0.1, 0.15) is 5.82 Å². The lowest BCUT2D eigenvalue weighted by atomic mass is 10.0. The van der Waals surface area contributed by atoms with Crippen LogP contribution in [0.4, 0.5) is 4.39 Å². The van der Waals surface area contributed by atoms with Crippen molar-refractivity contribution < 1.29 is 9.18 Å². The topological polar surface area (TPSA) is 38.1 Å². The normalized spacial score (nSPS) is 11.0. The quantitative estimate of drug-likeness (QED) is 0.866. The van der Waals surface area contributed by atoms with Crippen LogP contribution in [0.2, 0.25) is 0 Å². The van der Waals surface area contributed by atoms with E-state index in [1.54, 1.807) is 35.0 Å². The molecule has 2 rings (SSSR count). The maximum atomic E-state index is 13.1. The largest absolute Gasteiger partial charge is 0.342 e. The lowest BCUT2D eigenvalue weighted by Crippen LogP contribution is -2.27. The summed E-state index contributed by atoms with van der Waals surface area (Å²) in [6.45, 7) is 6.59. The van der Waals surface area contributed by atoms with Crippen molar-refractivity contribution in [2.24, 2.45) is 0 Å². The molecule has 5 heteroatoms. The van der Waals surface area contributed by atoms with Crippen molar-refractivity contribution in [1.82, 2.24) is 14.7 Å². The molecule has 0 saturated carbocycles. The van der Waals surface area contributed by atoms with Crippen LogP contribution in [0.1, 0.15) is 42.7 Å². The van der Waals surface area contributed by atoms with Crippen LogP contribution in [-0.4, -0.2) is 34.2 Å². The molecule has 21 heavy (non-hydrogen) atoms. The summed E-state index contributed by atoms with van der Waals surface area (Å²) in [5.41, 5.74) is 2.18. The Morgan fingerprint density at radius 1 is 1.33 bits per heavy atom. The molecule has 0 aliphatic heterocycles. The molecule has 0 atom stereocenters. The van der Waals surface area contributed by atoms with Gasteiger partial charge in [-0.05, 0) is 37.1 Å². The number of carbonyl (C=O) groups excluding carboxylic acids is 1. The average Bonchev–Trinajstić information content (AvgIpc) is 2.91. The Kier molecular flexibility index (Phi) is 4.40. The van der Waals surface area contributed by atoms with Crippen LogP contribution in [0.15, 0.2) is 30.5 Å². The van der Waals surface area contributed by atoms with Crippen molar-refractivity contribution >= 4 is 5.91 Å². The molecular formula is C16H20FN3O. The highest BCUT2D eigenvalue weighted by Gasteiger charge is 2.22. The zero-order valence-electron chi connectivity index (χ0n) is 12.8. The zero-order chi connectivity index (χ0) is 15.6. The molecule has 1 amide bonds. The molecule has 2 aromatic rings. The first kappa shape index (κ1) is 15.2. The van der Waals surface area contributed by atoms with Crippen LogP contribution in [0.3, 0.4) is 0 Å². The van der Waals surface area contributed by atoms with Crippen LogP contribution in [0, 0.1) is 5.82 Å². The Morgan fingerprint density at radius 3 is 2.48 bits per heavy atom. The number of nitrogens with zero attached hydrogens (tertiary/aromatic N) is 3. The zero-order valence-corrected chi connectivity index (χ0v) is 12.8. The SMILES string of the molecule is CCN(C)C(=O)c1cnn(-c2ccc(F)cc2)c1C(C)C. The molecule has 0 saturated heterocycles. The molecule has 0 spiro atoms. The maximum absolute atomic E-state index is 13.1. The molecule has 0 unspecified atom stereocenters. The van der Waals surface area contributed by atoms with Gasteiger partial charge in [-0.3, -0.25) is 4.79 Å².